The van der Waals surface area contributed by atoms with Gasteiger partial charge in [-0.05, 0) is 40.5 Å². The number of hydrogen-bond donors (Lipinski definition) is 2. The van der Waals surface area contributed by atoms with Crippen molar-refractivity contribution in [2.75, 3.05) is 12.8 Å². The van der Waals surface area contributed by atoms with E-state index < -0.39 is 27.2 Å². The second-order valence-corrected chi connectivity index (χ2v) is 8.14. The van der Waals surface area contributed by atoms with Crippen molar-refractivity contribution in [3.63, 3.8) is 0 Å². The zero-order valence-electron chi connectivity index (χ0n) is 12.2. The highest BCUT2D eigenvalue weighted by Crippen LogP contribution is 2.24. The molecule has 0 aromatic rings. The quantitative estimate of drug-likeness (QED) is 0.768. The number of hydrogen-bond acceptors (Lipinski definition) is 4. The van der Waals surface area contributed by atoms with Crippen molar-refractivity contribution >= 4 is 15.9 Å². The highest BCUT2D eigenvalue weighted by molar-refractivity contribution is 7.88. The average Bonchev–Trinajstić information content (AvgIpc) is 2.61. The molecule has 1 fully saturated rings. The third-order valence-corrected chi connectivity index (χ3v) is 5.19. The number of nitrogens with one attached hydrogen (secondary N) is 1. The molecule has 7 heteroatoms. The molecule has 0 bridgehead atoms. The van der Waals surface area contributed by atoms with Crippen LogP contribution in [0.3, 0.4) is 0 Å². The monoisotopic (exact) mass is 292 g/mol. The van der Waals surface area contributed by atoms with E-state index in [0.29, 0.717) is 19.4 Å². The average molecular weight is 292 g/mol. The minimum absolute atomic E-state index is 0.352. The summed E-state index contributed by atoms with van der Waals surface area (Å²) in [6.07, 6.45) is 2.30. The summed E-state index contributed by atoms with van der Waals surface area (Å²) >= 11 is 0. The standard InChI is InChI=1S/C12H24N2O4S/c1-11(2,12(3,4)16)13-10(15)9-7-6-8-14(9)19(5,17)18/h9,16H,6-8H2,1-5H3,(H,13,15). The molecule has 1 aliphatic heterocycles. The molecule has 0 spiro atoms. The topological polar surface area (TPSA) is 86.7 Å². The van der Waals surface area contributed by atoms with Gasteiger partial charge in [-0.2, -0.15) is 4.31 Å². The van der Waals surface area contributed by atoms with E-state index in [-0.39, 0.29) is 5.91 Å². The lowest BCUT2D eigenvalue weighted by Crippen LogP contribution is -2.61. The van der Waals surface area contributed by atoms with Crippen LogP contribution in [-0.4, -0.2) is 53.7 Å². The molecular formula is C12H24N2O4S. The lowest BCUT2D eigenvalue weighted by Gasteiger charge is -2.39. The Morgan fingerprint density at radius 1 is 1.32 bits per heavy atom. The summed E-state index contributed by atoms with van der Waals surface area (Å²) in [5, 5.41) is 12.8. The molecule has 1 atom stereocenters. The van der Waals surface area contributed by atoms with Gasteiger partial charge < -0.3 is 10.4 Å². The maximum Gasteiger partial charge on any atom is 0.238 e. The Labute approximate surface area is 115 Å². The summed E-state index contributed by atoms with van der Waals surface area (Å²) in [4.78, 5) is 12.2. The van der Waals surface area contributed by atoms with Crippen LogP contribution >= 0.6 is 0 Å². The number of aliphatic hydroxyl groups is 1. The molecule has 0 radical (unpaired) electrons. The number of carbonyl (C=O) groups is 1. The van der Waals surface area contributed by atoms with Crippen molar-refractivity contribution in [1.82, 2.24) is 9.62 Å². The molecule has 0 aromatic carbocycles. The van der Waals surface area contributed by atoms with Crippen LogP contribution in [0.15, 0.2) is 0 Å². The number of sulfonamides is 1. The highest BCUT2D eigenvalue weighted by Gasteiger charge is 2.42. The van der Waals surface area contributed by atoms with E-state index >= 15 is 0 Å². The van der Waals surface area contributed by atoms with Gasteiger partial charge in [0.05, 0.1) is 17.4 Å². The Kier molecular flexibility index (Phi) is 4.34. The maximum absolute atomic E-state index is 12.2. The van der Waals surface area contributed by atoms with E-state index in [4.69, 9.17) is 0 Å². The largest absolute Gasteiger partial charge is 0.388 e. The van der Waals surface area contributed by atoms with E-state index in [2.05, 4.69) is 5.32 Å². The highest BCUT2D eigenvalue weighted by atomic mass is 32.2. The molecule has 1 amide bonds. The fourth-order valence-electron chi connectivity index (χ4n) is 1.94. The molecule has 0 aliphatic carbocycles. The zero-order chi connectivity index (χ0) is 15.1. The first-order valence-corrected chi connectivity index (χ1v) is 8.22. The third kappa shape index (κ3) is 3.67. The molecule has 1 aliphatic rings. The number of amides is 1. The van der Waals surface area contributed by atoms with Gasteiger partial charge in [0.1, 0.15) is 6.04 Å². The van der Waals surface area contributed by atoms with Crippen LogP contribution in [-0.2, 0) is 14.8 Å². The summed E-state index contributed by atoms with van der Waals surface area (Å²) in [5.41, 5.74) is -1.94. The molecule has 0 saturated carbocycles. The van der Waals surface area contributed by atoms with Crippen LogP contribution in [0.2, 0.25) is 0 Å². The van der Waals surface area contributed by atoms with Crippen molar-refractivity contribution in [3.05, 3.63) is 0 Å². The normalized spacial score (nSPS) is 22.5. The lowest BCUT2D eigenvalue weighted by molar-refractivity contribution is -0.129. The summed E-state index contributed by atoms with van der Waals surface area (Å²) in [5.74, 6) is -0.352. The van der Waals surface area contributed by atoms with Gasteiger partial charge in [-0.25, -0.2) is 8.42 Å². The fraction of sp³-hybridized carbons (Fsp3) is 0.917. The zero-order valence-corrected chi connectivity index (χ0v) is 13.0. The molecule has 1 unspecified atom stereocenters. The first-order valence-electron chi connectivity index (χ1n) is 6.37. The van der Waals surface area contributed by atoms with Gasteiger partial charge in [0, 0.05) is 6.54 Å². The Balaban J connectivity index is 2.85. The van der Waals surface area contributed by atoms with Crippen molar-refractivity contribution in [2.45, 2.75) is 57.7 Å². The van der Waals surface area contributed by atoms with Crippen molar-refractivity contribution in [3.8, 4) is 0 Å². The van der Waals surface area contributed by atoms with E-state index in [1.165, 1.54) is 4.31 Å². The molecule has 112 valence electrons. The molecule has 2 N–H and O–H groups in total. The van der Waals surface area contributed by atoms with Gasteiger partial charge >= 0.3 is 0 Å². The molecule has 19 heavy (non-hydrogen) atoms. The molecule has 1 rings (SSSR count). The van der Waals surface area contributed by atoms with Crippen LogP contribution in [0, 0.1) is 0 Å². The molecular weight excluding hydrogens is 268 g/mol. The Bertz CT molecular complexity index is 451. The number of rotatable bonds is 4. The van der Waals surface area contributed by atoms with Gasteiger partial charge in [-0.3, -0.25) is 4.79 Å². The van der Waals surface area contributed by atoms with Crippen LogP contribution in [0.1, 0.15) is 40.5 Å². The van der Waals surface area contributed by atoms with E-state index in [9.17, 15) is 18.3 Å². The second-order valence-electron chi connectivity index (χ2n) is 6.21. The Morgan fingerprint density at radius 3 is 2.26 bits per heavy atom. The molecule has 1 heterocycles. The molecule has 0 aromatic heterocycles. The smallest absolute Gasteiger partial charge is 0.238 e. The Morgan fingerprint density at radius 2 is 1.84 bits per heavy atom. The fourth-order valence-corrected chi connectivity index (χ4v) is 3.07. The molecule has 1 saturated heterocycles. The maximum atomic E-state index is 12.2. The third-order valence-electron chi connectivity index (χ3n) is 3.90. The minimum atomic E-state index is -3.38. The summed E-state index contributed by atoms with van der Waals surface area (Å²) in [6.45, 7) is 7.02. The predicted octanol–water partition coefficient (Wildman–Crippen LogP) is 0.0761. The van der Waals surface area contributed by atoms with Gasteiger partial charge in [0.2, 0.25) is 15.9 Å². The van der Waals surface area contributed by atoms with Crippen LogP contribution < -0.4 is 5.32 Å². The van der Waals surface area contributed by atoms with Gasteiger partial charge in [0.15, 0.2) is 0 Å². The van der Waals surface area contributed by atoms with E-state index in [1.54, 1.807) is 27.7 Å². The van der Waals surface area contributed by atoms with Crippen LogP contribution in [0.25, 0.3) is 0 Å². The lowest BCUT2D eigenvalue weighted by atomic mass is 9.85. The van der Waals surface area contributed by atoms with Crippen molar-refractivity contribution in [1.29, 1.82) is 0 Å². The van der Waals surface area contributed by atoms with Crippen molar-refractivity contribution in [2.24, 2.45) is 0 Å². The number of carbonyl (C=O) groups excluding carboxylic acids is 1. The van der Waals surface area contributed by atoms with E-state index in [1.807, 2.05) is 0 Å². The first kappa shape index (κ1) is 16.4. The first-order chi connectivity index (χ1) is 8.36. The Hall–Kier alpha value is -0.660. The summed E-state index contributed by atoms with van der Waals surface area (Å²) < 4.78 is 24.4. The van der Waals surface area contributed by atoms with Crippen LogP contribution in [0.4, 0.5) is 0 Å². The van der Waals surface area contributed by atoms with Crippen molar-refractivity contribution < 1.29 is 18.3 Å². The molecule has 6 nitrogen and oxygen atoms in total. The van der Waals surface area contributed by atoms with Gasteiger partial charge in [-0.1, -0.05) is 0 Å². The van der Waals surface area contributed by atoms with Gasteiger partial charge in [-0.15, -0.1) is 0 Å². The van der Waals surface area contributed by atoms with Crippen LogP contribution in [0.5, 0.6) is 0 Å². The SMILES string of the molecule is CC(C)(O)C(C)(C)NC(=O)C1CCCN1S(C)(=O)=O. The minimum Gasteiger partial charge on any atom is -0.388 e. The second kappa shape index (κ2) is 5.03. The summed E-state index contributed by atoms with van der Waals surface area (Å²) in [6, 6.07) is -0.670. The van der Waals surface area contributed by atoms with Gasteiger partial charge in [0.25, 0.3) is 0 Å². The van der Waals surface area contributed by atoms with E-state index in [0.717, 1.165) is 6.26 Å². The predicted molar refractivity (Wildman–Crippen MR) is 73.1 cm³/mol. The summed E-state index contributed by atoms with van der Waals surface area (Å²) in [7, 11) is -3.38. The number of nitrogens with zero attached hydrogens (tertiary/aromatic N) is 1.